The molecule has 1 aliphatic heterocycles. The molecule has 3 rings (SSSR count). The molecule has 1 amide bonds. The number of carbonyl (C=O) groups is 1. The fourth-order valence-corrected chi connectivity index (χ4v) is 3.67. The Bertz CT molecular complexity index is 859. The highest BCUT2D eigenvalue weighted by Gasteiger charge is 2.21. The second-order valence-corrected chi connectivity index (χ2v) is 7.65. The molecule has 1 fully saturated rings. The Kier molecular flexibility index (Phi) is 6.82. The number of nitro benzene ring substituents is 1. The molecule has 0 unspecified atom stereocenters. The summed E-state index contributed by atoms with van der Waals surface area (Å²) in [5.41, 5.74) is 3.29. The van der Waals surface area contributed by atoms with Gasteiger partial charge in [0.15, 0.2) is 0 Å². The topological polar surface area (TPSA) is 87.5 Å². The molecule has 0 spiro atoms. The molecule has 1 saturated heterocycles. The van der Waals surface area contributed by atoms with Crippen LogP contribution >= 0.6 is 0 Å². The number of nitrogens with one attached hydrogen (secondary N) is 2. The monoisotopic (exact) mass is 396 g/mol. The lowest BCUT2D eigenvalue weighted by atomic mass is 9.96. The van der Waals surface area contributed by atoms with Gasteiger partial charge in [0.05, 0.1) is 4.92 Å². The van der Waals surface area contributed by atoms with Crippen LogP contribution in [0.2, 0.25) is 0 Å². The normalized spacial score (nSPS) is 15.1. The molecular formula is C22H28N4O3. The first-order chi connectivity index (χ1) is 14.0. The lowest BCUT2D eigenvalue weighted by Gasteiger charge is -2.32. The minimum absolute atomic E-state index is 0.0668. The molecule has 1 aliphatic rings. The highest BCUT2D eigenvalue weighted by Crippen LogP contribution is 2.27. The van der Waals surface area contributed by atoms with Crippen LogP contribution in [0.25, 0.3) is 0 Å². The number of anilines is 1. The van der Waals surface area contributed by atoms with Crippen LogP contribution in [0.3, 0.4) is 0 Å². The Morgan fingerprint density at radius 1 is 1.17 bits per heavy atom. The second kappa shape index (κ2) is 9.52. The van der Waals surface area contributed by atoms with E-state index in [0.29, 0.717) is 18.2 Å². The number of amides is 1. The van der Waals surface area contributed by atoms with Gasteiger partial charge in [0.1, 0.15) is 5.69 Å². The van der Waals surface area contributed by atoms with E-state index in [1.807, 2.05) is 0 Å². The summed E-state index contributed by atoms with van der Waals surface area (Å²) in [6.07, 6.45) is 2.12. The average molecular weight is 396 g/mol. The molecule has 0 atom stereocenters. The summed E-state index contributed by atoms with van der Waals surface area (Å²) in [5.74, 6) is 0.142. The summed E-state index contributed by atoms with van der Waals surface area (Å²) in [4.78, 5) is 25.1. The molecule has 2 N–H and O–H groups in total. The third-order valence-corrected chi connectivity index (χ3v) is 5.50. The fraction of sp³-hybridized carbons (Fsp3) is 0.409. The standard InChI is InChI=1S/C22H28N4O3/c1-16-3-5-18(6-4-16)15-25-11-9-17(10-12-25)14-24-20-8-7-19(22(27)23-2)13-21(20)26(28)29/h3-8,13,17,24H,9-12,14-15H2,1-2H3,(H,23,27). The van der Waals surface area contributed by atoms with E-state index in [-0.39, 0.29) is 17.2 Å². The van der Waals surface area contributed by atoms with E-state index in [2.05, 4.69) is 46.7 Å². The third-order valence-electron chi connectivity index (χ3n) is 5.50. The van der Waals surface area contributed by atoms with E-state index in [4.69, 9.17) is 0 Å². The second-order valence-electron chi connectivity index (χ2n) is 7.65. The van der Waals surface area contributed by atoms with Crippen LogP contribution in [0.1, 0.15) is 34.3 Å². The summed E-state index contributed by atoms with van der Waals surface area (Å²) in [7, 11) is 1.51. The van der Waals surface area contributed by atoms with Crippen molar-refractivity contribution in [3.05, 3.63) is 69.3 Å². The van der Waals surface area contributed by atoms with Gasteiger partial charge in [0.25, 0.3) is 11.6 Å². The van der Waals surface area contributed by atoms with Crippen molar-refractivity contribution in [2.45, 2.75) is 26.3 Å². The van der Waals surface area contributed by atoms with E-state index in [1.54, 1.807) is 12.1 Å². The van der Waals surface area contributed by atoms with E-state index < -0.39 is 4.92 Å². The molecule has 154 valence electrons. The maximum atomic E-state index is 11.7. The van der Waals surface area contributed by atoms with Crippen molar-refractivity contribution < 1.29 is 9.72 Å². The van der Waals surface area contributed by atoms with E-state index in [0.717, 1.165) is 32.5 Å². The number of aryl methyl sites for hydroxylation is 1. The van der Waals surface area contributed by atoms with E-state index >= 15 is 0 Å². The zero-order chi connectivity index (χ0) is 20.8. The van der Waals surface area contributed by atoms with Crippen molar-refractivity contribution in [1.29, 1.82) is 0 Å². The molecular weight excluding hydrogens is 368 g/mol. The SMILES string of the molecule is CNC(=O)c1ccc(NCC2CCN(Cc3ccc(C)cc3)CC2)c([N+](=O)[O-])c1. The first-order valence-corrected chi connectivity index (χ1v) is 9.98. The largest absolute Gasteiger partial charge is 0.379 e. The summed E-state index contributed by atoms with van der Waals surface area (Å²) >= 11 is 0. The van der Waals surface area contributed by atoms with Gasteiger partial charge in [-0.05, 0) is 56.5 Å². The highest BCUT2D eigenvalue weighted by molar-refractivity contribution is 5.95. The molecule has 0 aromatic heterocycles. The third kappa shape index (κ3) is 5.54. The Hall–Kier alpha value is -2.93. The molecule has 2 aromatic rings. The van der Waals surface area contributed by atoms with Gasteiger partial charge < -0.3 is 10.6 Å². The summed E-state index contributed by atoms with van der Waals surface area (Å²) < 4.78 is 0. The number of piperidine rings is 1. The number of nitrogens with zero attached hydrogens (tertiary/aromatic N) is 2. The van der Waals surface area contributed by atoms with Gasteiger partial charge in [-0.2, -0.15) is 0 Å². The van der Waals surface area contributed by atoms with Gasteiger partial charge in [-0.1, -0.05) is 29.8 Å². The van der Waals surface area contributed by atoms with Crippen molar-refractivity contribution in [1.82, 2.24) is 10.2 Å². The summed E-state index contributed by atoms with van der Waals surface area (Å²) in [6, 6.07) is 13.2. The van der Waals surface area contributed by atoms with Crippen LogP contribution in [-0.4, -0.2) is 42.4 Å². The molecule has 2 aromatic carbocycles. The Labute approximate surface area is 171 Å². The van der Waals surface area contributed by atoms with Crippen LogP contribution in [0.4, 0.5) is 11.4 Å². The molecule has 0 bridgehead atoms. The number of carbonyl (C=O) groups excluding carboxylic acids is 1. The lowest BCUT2D eigenvalue weighted by molar-refractivity contribution is -0.384. The van der Waals surface area contributed by atoms with Crippen LogP contribution in [0, 0.1) is 23.0 Å². The van der Waals surface area contributed by atoms with Crippen LogP contribution < -0.4 is 10.6 Å². The zero-order valence-electron chi connectivity index (χ0n) is 17.0. The maximum absolute atomic E-state index is 11.7. The van der Waals surface area contributed by atoms with E-state index in [9.17, 15) is 14.9 Å². The maximum Gasteiger partial charge on any atom is 0.293 e. The predicted octanol–water partition coefficient (Wildman–Crippen LogP) is 3.59. The Morgan fingerprint density at radius 2 is 1.86 bits per heavy atom. The predicted molar refractivity (Wildman–Crippen MR) is 114 cm³/mol. The molecule has 1 heterocycles. The average Bonchev–Trinajstić information content (AvgIpc) is 2.74. The van der Waals surface area contributed by atoms with Gasteiger partial charge in [0.2, 0.25) is 0 Å². The van der Waals surface area contributed by atoms with Gasteiger partial charge in [-0.15, -0.1) is 0 Å². The number of rotatable bonds is 7. The minimum Gasteiger partial charge on any atom is -0.379 e. The minimum atomic E-state index is -0.445. The van der Waals surface area contributed by atoms with Crippen molar-refractivity contribution in [3.8, 4) is 0 Å². The van der Waals surface area contributed by atoms with Gasteiger partial charge in [-0.3, -0.25) is 19.8 Å². The zero-order valence-corrected chi connectivity index (χ0v) is 17.0. The van der Waals surface area contributed by atoms with Crippen molar-refractivity contribution in [2.24, 2.45) is 5.92 Å². The van der Waals surface area contributed by atoms with Gasteiger partial charge in [0, 0.05) is 31.8 Å². The van der Waals surface area contributed by atoms with Crippen LogP contribution in [0.15, 0.2) is 42.5 Å². The van der Waals surface area contributed by atoms with Crippen molar-refractivity contribution in [2.75, 3.05) is 32.0 Å². The van der Waals surface area contributed by atoms with Gasteiger partial charge >= 0.3 is 0 Å². The Balaban J connectivity index is 1.53. The molecule has 7 nitrogen and oxygen atoms in total. The number of nitro groups is 1. The molecule has 0 saturated carbocycles. The number of hydrogen-bond donors (Lipinski definition) is 2. The van der Waals surface area contributed by atoms with E-state index in [1.165, 1.54) is 24.2 Å². The summed E-state index contributed by atoms with van der Waals surface area (Å²) in [6.45, 7) is 5.81. The van der Waals surface area contributed by atoms with Gasteiger partial charge in [-0.25, -0.2) is 0 Å². The fourth-order valence-electron chi connectivity index (χ4n) is 3.67. The molecule has 0 aliphatic carbocycles. The molecule has 7 heteroatoms. The smallest absolute Gasteiger partial charge is 0.293 e. The van der Waals surface area contributed by atoms with Crippen LogP contribution in [-0.2, 0) is 6.54 Å². The first kappa shape index (κ1) is 20.8. The number of likely N-dealkylation sites (tertiary alicyclic amines) is 1. The molecule has 0 radical (unpaired) electrons. The number of hydrogen-bond acceptors (Lipinski definition) is 5. The summed E-state index contributed by atoms with van der Waals surface area (Å²) in [5, 5.41) is 17.1. The lowest BCUT2D eigenvalue weighted by Crippen LogP contribution is -2.35. The quantitative estimate of drug-likeness (QED) is 0.552. The van der Waals surface area contributed by atoms with Crippen molar-refractivity contribution in [3.63, 3.8) is 0 Å². The first-order valence-electron chi connectivity index (χ1n) is 9.98. The Morgan fingerprint density at radius 3 is 2.48 bits per heavy atom. The highest BCUT2D eigenvalue weighted by atomic mass is 16.6. The van der Waals surface area contributed by atoms with Crippen molar-refractivity contribution >= 4 is 17.3 Å². The van der Waals surface area contributed by atoms with Crippen LogP contribution in [0.5, 0.6) is 0 Å². The number of benzene rings is 2. The molecule has 29 heavy (non-hydrogen) atoms.